The van der Waals surface area contributed by atoms with Gasteiger partial charge in [0.2, 0.25) is 0 Å². The molecule has 0 bridgehead atoms. The first-order valence-electron chi connectivity index (χ1n) is 14.8. The van der Waals surface area contributed by atoms with Crippen LogP contribution in [0.15, 0.2) is 0 Å². The van der Waals surface area contributed by atoms with Crippen LogP contribution in [0.2, 0.25) is 0 Å². The third-order valence-electron chi connectivity index (χ3n) is 9.42. The van der Waals surface area contributed by atoms with Gasteiger partial charge in [0.25, 0.3) is 0 Å². The summed E-state index contributed by atoms with van der Waals surface area (Å²) in [6.45, 7) is 30.0. The molecule has 2 fully saturated rings. The van der Waals surface area contributed by atoms with Crippen molar-refractivity contribution in [2.45, 2.75) is 181 Å². The highest BCUT2D eigenvalue weighted by atomic mass is 16.7. The van der Waals surface area contributed by atoms with Gasteiger partial charge in [-0.2, -0.15) is 0 Å². The molecule has 2 saturated heterocycles. The summed E-state index contributed by atoms with van der Waals surface area (Å²) in [6.07, 6.45) is 6.88. The summed E-state index contributed by atoms with van der Waals surface area (Å²) in [7, 11) is 0. The highest BCUT2D eigenvalue weighted by Crippen LogP contribution is 2.46. The molecular formula is C31H60N2O4. The predicted octanol–water partition coefficient (Wildman–Crippen LogP) is 6.94. The van der Waals surface area contributed by atoms with E-state index in [-0.39, 0.29) is 59.3 Å². The van der Waals surface area contributed by atoms with E-state index in [2.05, 4.69) is 99.8 Å². The van der Waals surface area contributed by atoms with E-state index in [9.17, 15) is 4.79 Å². The molecule has 0 spiro atoms. The fraction of sp³-hybridized carbons (Fsp3) is 0.968. The Hall–Kier alpha value is -0.690. The van der Waals surface area contributed by atoms with Crippen molar-refractivity contribution < 1.29 is 19.0 Å². The van der Waals surface area contributed by atoms with Crippen LogP contribution in [0.1, 0.15) is 135 Å². The van der Waals surface area contributed by atoms with Crippen molar-refractivity contribution in [3.8, 4) is 0 Å². The lowest BCUT2D eigenvalue weighted by Crippen LogP contribution is -2.69. The lowest BCUT2D eigenvalue weighted by molar-refractivity contribution is -0.185. The highest BCUT2D eigenvalue weighted by molar-refractivity contribution is 5.70. The van der Waals surface area contributed by atoms with Gasteiger partial charge < -0.3 is 14.2 Å². The first kappa shape index (κ1) is 32.5. The van der Waals surface area contributed by atoms with E-state index < -0.39 is 0 Å². The Morgan fingerprint density at radius 2 is 1.30 bits per heavy atom. The number of hydrogen-bond acceptors (Lipinski definition) is 6. The second-order valence-electron chi connectivity index (χ2n) is 14.6. The van der Waals surface area contributed by atoms with E-state index in [0.29, 0.717) is 6.04 Å². The van der Waals surface area contributed by atoms with Crippen LogP contribution in [-0.2, 0) is 19.0 Å². The molecule has 2 rings (SSSR count). The fourth-order valence-electron chi connectivity index (χ4n) is 8.48. The third-order valence-corrected chi connectivity index (χ3v) is 9.42. The largest absolute Gasteiger partial charge is 0.461 e. The summed E-state index contributed by atoms with van der Waals surface area (Å²) >= 11 is 0. The summed E-state index contributed by atoms with van der Waals surface area (Å²) in [5.74, 6) is -0.297. The molecule has 0 aromatic carbocycles. The Kier molecular flexibility index (Phi) is 10.4. The molecule has 1 atom stereocenters. The minimum absolute atomic E-state index is 0.0425. The number of likely N-dealkylation sites (tertiary alicyclic amines) is 2. The number of esters is 1. The van der Waals surface area contributed by atoms with Gasteiger partial charge in [0.15, 0.2) is 0 Å². The van der Waals surface area contributed by atoms with Crippen molar-refractivity contribution in [2.75, 3.05) is 13.4 Å². The first-order chi connectivity index (χ1) is 16.8. The molecule has 1 unspecified atom stereocenters. The van der Waals surface area contributed by atoms with E-state index in [1.54, 1.807) is 0 Å². The van der Waals surface area contributed by atoms with Gasteiger partial charge in [0, 0.05) is 46.6 Å². The van der Waals surface area contributed by atoms with E-state index in [0.717, 1.165) is 44.9 Å². The number of ether oxygens (including phenoxy) is 3. The zero-order chi connectivity index (χ0) is 28.4. The quantitative estimate of drug-likeness (QED) is 0.166. The molecule has 2 heterocycles. The lowest BCUT2D eigenvalue weighted by atomic mass is 9.72. The van der Waals surface area contributed by atoms with Crippen LogP contribution in [0.4, 0.5) is 0 Å². The highest BCUT2D eigenvalue weighted by Gasteiger charge is 2.52. The van der Waals surface area contributed by atoms with Crippen molar-refractivity contribution >= 4 is 5.97 Å². The predicted molar refractivity (Wildman–Crippen MR) is 153 cm³/mol. The average Bonchev–Trinajstić information content (AvgIpc) is 2.72. The zero-order valence-corrected chi connectivity index (χ0v) is 26.6. The maximum atomic E-state index is 12.7. The molecule has 37 heavy (non-hydrogen) atoms. The number of carbonyl (C=O) groups excluding carboxylic acids is 1. The van der Waals surface area contributed by atoms with E-state index in [1.165, 1.54) is 0 Å². The minimum atomic E-state index is -0.297. The molecule has 0 N–H and O–H groups in total. The van der Waals surface area contributed by atoms with E-state index in [4.69, 9.17) is 14.2 Å². The number of carbonyl (C=O) groups is 1. The van der Waals surface area contributed by atoms with Gasteiger partial charge in [-0.15, -0.1) is 0 Å². The molecule has 0 radical (unpaired) electrons. The molecule has 2 aliphatic rings. The molecule has 218 valence electrons. The van der Waals surface area contributed by atoms with Crippen LogP contribution < -0.4 is 0 Å². The standard InChI is InChI=1S/C31H60N2O4/c1-14-23(4)32-27(5,6)17-24(18-28(32,7)8)36-22-35-21-26(34)37-25-19-29(9,10)33(30(11,12)20-25)31(13,15-2)16-3/h23-25H,14-22H2,1-13H3. The average molecular weight is 525 g/mol. The normalized spacial score (nSPS) is 25.6. The van der Waals surface area contributed by atoms with Gasteiger partial charge in [0.1, 0.15) is 19.5 Å². The zero-order valence-electron chi connectivity index (χ0n) is 26.6. The number of nitrogens with zero attached hydrogens (tertiary/aromatic N) is 2. The number of rotatable bonds is 11. The van der Waals surface area contributed by atoms with Crippen molar-refractivity contribution in [1.29, 1.82) is 0 Å². The van der Waals surface area contributed by atoms with Gasteiger partial charge >= 0.3 is 5.97 Å². The molecule has 6 nitrogen and oxygen atoms in total. The van der Waals surface area contributed by atoms with Gasteiger partial charge in [0.05, 0.1) is 6.10 Å². The van der Waals surface area contributed by atoms with Gasteiger partial charge in [-0.25, -0.2) is 4.79 Å². The molecule has 6 heteroatoms. The second-order valence-corrected chi connectivity index (χ2v) is 14.6. The summed E-state index contributed by atoms with van der Waals surface area (Å²) in [5, 5.41) is 0. The SMILES string of the molecule is CCC(C)N1C(C)(C)CC(OCOCC(=O)OC2CC(C)(C)N(C(C)(CC)CC)C(C)(C)C2)CC1(C)C. The Morgan fingerprint density at radius 1 is 0.838 bits per heavy atom. The Labute approximate surface area is 229 Å². The molecule has 0 aromatic heterocycles. The molecule has 0 saturated carbocycles. The molecular weight excluding hydrogens is 464 g/mol. The van der Waals surface area contributed by atoms with E-state index >= 15 is 0 Å². The maximum absolute atomic E-state index is 12.7. The van der Waals surface area contributed by atoms with Crippen LogP contribution in [-0.4, -0.2) is 75.1 Å². The molecule has 0 aromatic rings. The van der Waals surface area contributed by atoms with Gasteiger partial charge in [-0.1, -0.05) is 20.8 Å². The van der Waals surface area contributed by atoms with Crippen molar-refractivity contribution in [3.63, 3.8) is 0 Å². The Bertz CT molecular complexity index is 720. The van der Waals surface area contributed by atoms with Gasteiger partial charge in [-0.3, -0.25) is 9.80 Å². The third kappa shape index (κ3) is 7.49. The molecule has 2 aliphatic heterocycles. The van der Waals surface area contributed by atoms with Gasteiger partial charge in [-0.05, 0) is 101 Å². The van der Waals surface area contributed by atoms with Crippen molar-refractivity contribution in [2.24, 2.45) is 0 Å². The van der Waals surface area contributed by atoms with Crippen molar-refractivity contribution in [1.82, 2.24) is 9.80 Å². The molecule has 0 aliphatic carbocycles. The monoisotopic (exact) mass is 524 g/mol. The first-order valence-corrected chi connectivity index (χ1v) is 14.8. The second kappa shape index (κ2) is 11.8. The van der Waals surface area contributed by atoms with E-state index in [1.807, 2.05) is 0 Å². The topological polar surface area (TPSA) is 51.2 Å². The van der Waals surface area contributed by atoms with Crippen molar-refractivity contribution in [3.05, 3.63) is 0 Å². The Balaban J connectivity index is 1.88. The van der Waals surface area contributed by atoms with Crippen LogP contribution in [0.5, 0.6) is 0 Å². The summed E-state index contributed by atoms with van der Waals surface area (Å²) in [6, 6.07) is 0.525. The number of piperidine rings is 2. The minimum Gasteiger partial charge on any atom is -0.461 e. The molecule has 0 amide bonds. The van der Waals surface area contributed by atoms with Crippen LogP contribution in [0.25, 0.3) is 0 Å². The smallest absolute Gasteiger partial charge is 0.332 e. The number of hydrogen-bond donors (Lipinski definition) is 0. The fourth-order valence-corrected chi connectivity index (χ4v) is 8.48. The van der Waals surface area contributed by atoms with Crippen LogP contribution >= 0.6 is 0 Å². The Morgan fingerprint density at radius 3 is 1.73 bits per heavy atom. The maximum Gasteiger partial charge on any atom is 0.332 e. The summed E-state index contributed by atoms with van der Waals surface area (Å²) < 4.78 is 17.7. The summed E-state index contributed by atoms with van der Waals surface area (Å²) in [5.41, 5.74) is 0.0698. The lowest BCUT2D eigenvalue weighted by Gasteiger charge is -2.62. The summed E-state index contributed by atoms with van der Waals surface area (Å²) in [4.78, 5) is 18.0. The van der Waals surface area contributed by atoms with Crippen LogP contribution in [0.3, 0.4) is 0 Å². The van der Waals surface area contributed by atoms with Crippen LogP contribution in [0, 0.1) is 0 Å².